The number of ether oxygens (including phenoxy) is 2. The molecule has 29 heavy (non-hydrogen) atoms. The molecule has 0 heterocycles. The van der Waals surface area contributed by atoms with Gasteiger partial charge in [0.05, 0.1) is 7.11 Å². The molecule has 0 aromatic heterocycles. The molecule has 0 aliphatic heterocycles. The van der Waals surface area contributed by atoms with Crippen molar-refractivity contribution in [2.75, 3.05) is 13.7 Å². The molecule has 3 aromatic carbocycles. The third-order valence-electron chi connectivity index (χ3n) is 4.49. The molecule has 3 rings (SSSR count). The van der Waals surface area contributed by atoms with Gasteiger partial charge >= 0.3 is 0 Å². The maximum atomic E-state index is 6.21. The van der Waals surface area contributed by atoms with Crippen LogP contribution in [0.1, 0.15) is 16.7 Å². The van der Waals surface area contributed by atoms with E-state index in [1.807, 2.05) is 48.5 Å². The molecule has 0 aliphatic carbocycles. The predicted octanol–water partition coefficient (Wildman–Crippen LogP) is 6.57. The second-order valence-electron chi connectivity index (χ2n) is 6.53. The van der Waals surface area contributed by atoms with Crippen molar-refractivity contribution >= 4 is 34.8 Å². The Morgan fingerprint density at radius 3 is 2.21 bits per heavy atom. The summed E-state index contributed by atoms with van der Waals surface area (Å²) >= 11 is 18.3. The van der Waals surface area contributed by atoms with E-state index in [-0.39, 0.29) is 6.61 Å². The molecular weight excluding hydrogens is 429 g/mol. The van der Waals surface area contributed by atoms with Crippen molar-refractivity contribution in [1.29, 1.82) is 0 Å². The molecule has 0 amide bonds. The van der Waals surface area contributed by atoms with E-state index < -0.39 is 0 Å². The highest BCUT2D eigenvalue weighted by molar-refractivity contribution is 6.35. The lowest BCUT2D eigenvalue weighted by atomic mass is 10.1. The summed E-state index contributed by atoms with van der Waals surface area (Å²) in [5, 5.41) is 5.36. The van der Waals surface area contributed by atoms with Gasteiger partial charge in [-0.2, -0.15) is 0 Å². The number of methoxy groups -OCH3 is 1. The number of nitrogens with one attached hydrogen (secondary N) is 1. The van der Waals surface area contributed by atoms with Crippen LogP contribution in [0.5, 0.6) is 11.5 Å². The first kappa shape index (κ1) is 21.8. The maximum Gasteiger partial charge on any atom is 0.161 e. The first-order valence-corrected chi connectivity index (χ1v) is 10.4. The molecule has 0 fully saturated rings. The Hall–Kier alpha value is -1.91. The van der Waals surface area contributed by atoms with Crippen molar-refractivity contribution in [2.24, 2.45) is 0 Å². The van der Waals surface area contributed by atoms with Gasteiger partial charge in [0.2, 0.25) is 0 Å². The fourth-order valence-corrected chi connectivity index (χ4v) is 3.51. The van der Waals surface area contributed by atoms with Crippen LogP contribution in [0.25, 0.3) is 0 Å². The van der Waals surface area contributed by atoms with Gasteiger partial charge in [0.15, 0.2) is 11.5 Å². The summed E-state index contributed by atoms with van der Waals surface area (Å²) in [4.78, 5) is 0. The third kappa shape index (κ3) is 6.28. The molecule has 0 unspecified atom stereocenters. The molecule has 0 saturated heterocycles. The van der Waals surface area contributed by atoms with Crippen LogP contribution in [-0.4, -0.2) is 13.7 Å². The Morgan fingerprint density at radius 2 is 1.52 bits per heavy atom. The van der Waals surface area contributed by atoms with Crippen LogP contribution in [0.15, 0.2) is 60.7 Å². The highest BCUT2D eigenvalue weighted by Gasteiger charge is 2.10. The molecular formula is C23H22Cl3NO2. The van der Waals surface area contributed by atoms with E-state index in [9.17, 15) is 0 Å². The summed E-state index contributed by atoms with van der Waals surface area (Å²) in [7, 11) is 1.63. The summed E-state index contributed by atoms with van der Waals surface area (Å²) in [6, 6.07) is 19.2. The number of hydrogen-bond donors (Lipinski definition) is 1. The second kappa shape index (κ2) is 10.7. The molecule has 152 valence electrons. The standard InChI is InChI=1S/C23H22Cl3NO2/c1-28-23-13-17(14-27-12-11-16-5-8-18(24)9-6-16)7-10-22(23)29-15-19-20(25)3-2-4-21(19)26/h2-10,13,27H,11-12,14-15H2,1H3. The zero-order valence-electron chi connectivity index (χ0n) is 16.1. The van der Waals surface area contributed by atoms with Crippen molar-refractivity contribution in [3.05, 3.63) is 92.4 Å². The summed E-state index contributed by atoms with van der Waals surface area (Å²) in [5.74, 6) is 1.32. The van der Waals surface area contributed by atoms with Gasteiger partial charge in [-0.3, -0.25) is 0 Å². The normalized spacial score (nSPS) is 10.8. The van der Waals surface area contributed by atoms with E-state index in [1.54, 1.807) is 19.2 Å². The molecule has 1 N–H and O–H groups in total. The lowest BCUT2D eigenvalue weighted by Gasteiger charge is -2.14. The largest absolute Gasteiger partial charge is 0.493 e. The highest BCUT2D eigenvalue weighted by atomic mass is 35.5. The minimum Gasteiger partial charge on any atom is -0.493 e. The summed E-state index contributed by atoms with van der Waals surface area (Å²) < 4.78 is 11.4. The SMILES string of the molecule is COc1cc(CNCCc2ccc(Cl)cc2)ccc1OCc1c(Cl)cccc1Cl. The monoisotopic (exact) mass is 449 g/mol. The van der Waals surface area contributed by atoms with Crippen molar-refractivity contribution in [3.63, 3.8) is 0 Å². The predicted molar refractivity (Wildman–Crippen MR) is 121 cm³/mol. The summed E-state index contributed by atoms with van der Waals surface area (Å²) in [6.45, 7) is 1.88. The van der Waals surface area contributed by atoms with Crippen LogP contribution in [0, 0.1) is 0 Å². The van der Waals surface area contributed by atoms with E-state index in [0.717, 1.165) is 35.7 Å². The summed E-state index contributed by atoms with van der Waals surface area (Å²) in [5.41, 5.74) is 3.12. The van der Waals surface area contributed by atoms with Crippen molar-refractivity contribution < 1.29 is 9.47 Å². The van der Waals surface area contributed by atoms with Crippen LogP contribution in [0.2, 0.25) is 15.1 Å². The van der Waals surface area contributed by atoms with Gasteiger partial charge in [0, 0.05) is 27.2 Å². The van der Waals surface area contributed by atoms with Crippen molar-refractivity contribution in [3.8, 4) is 11.5 Å². The first-order chi connectivity index (χ1) is 14.1. The zero-order chi connectivity index (χ0) is 20.6. The molecule has 0 spiro atoms. The Balaban J connectivity index is 1.54. The van der Waals surface area contributed by atoms with Gasteiger partial charge in [-0.05, 0) is 60.5 Å². The topological polar surface area (TPSA) is 30.5 Å². The zero-order valence-corrected chi connectivity index (χ0v) is 18.3. The molecule has 0 radical (unpaired) electrons. The Labute approximate surface area is 186 Å². The lowest BCUT2D eigenvalue weighted by molar-refractivity contribution is 0.284. The average Bonchev–Trinajstić information content (AvgIpc) is 2.72. The van der Waals surface area contributed by atoms with Crippen molar-refractivity contribution in [1.82, 2.24) is 5.32 Å². The van der Waals surface area contributed by atoms with Crippen LogP contribution in [0.3, 0.4) is 0 Å². The van der Waals surface area contributed by atoms with E-state index in [4.69, 9.17) is 44.3 Å². The van der Waals surface area contributed by atoms with Gasteiger partial charge in [-0.1, -0.05) is 59.1 Å². The van der Waals surface area contributed by atoms with Crippen LogP contribution in [-0.2, 0) is 19.6 Å². The average molecular weight is 451 g/mol. The smallest absolute Gasteiger partial charge is 0.161 e. The van der Waals surface area contributed by atoms with Gasteiger partial charge in [0.25, 0.3) is 0 Å². The minimum absolute atomic E-state index is 0.271. The molecule has 6 heteroatoms. The maximum absolute atomic E-state index is 6.21. The highest BCUT2D eigenvalue weighted by Crippen LogP contribution is 2.31. The van der Waals surface area contributed by atoms with E-state index in [0.29, 0.717) is 21.5 Å². The first-order valence-electron chi connectivity index (χ1n) is 9.24. The Morgan fingerprint density at radius 1 is 0.828 bits per heavy atom. The number of halogens is 3. The fourth-order valence-electron chi connectivity index (χ4n) is 2.88. The minimum atomic E-state index is 0.271. The van der Waals surface area contributed by atoms with Gasteiger partial charge in [-0.25, -0.2) is 0 Å². The van der Waals surface area contributed by atoms with Gasteiger partial charge in [-0.15, -0.1) is 0 Å². The van der Waals surface area contributed by atoms with Gasteiger partial charge in [0.1, 0.15) is 6.61 Å². The van der Waals surface area contributed by atoms with Crippen molar-refractivity contribution in [2.45, 2.75) is 19.6 Å². The second-order valence-corrected chi connectivity index (χ2v) is 7.78. The number of rotatable bonds is 9. The molecule has 0 aliphatic rings. The molecule has 3 nitrogen and oxygen atoms in total. The Kier molecular flexibility index (Phi) is 8.08. The molecule has 0 atom stereocenters. The number of hydrogen-bond acceptors (Lipinski definition) is 3. The fraction of sp³-hybridized carbons (Fsp3) is 0.217. The van der Waals surface area contributed by atoms with E-state index in [2.05, 4.69) is 5.32 Å². The van der Waals surface area contributed by atoms with Crippen LogP contribution >= 0.6 is 34.8 Å². The Bertz CT molecular complexity index is 925. The van der Waals surface area contributed by atoms with Gasteiger partial charge < -0.3 is 14.8 Å². The lowest BCUT2D eigenvalue weighted by Crippen LogP contribution is -2.16. The van der Waals surface area contributed by atoms with E-state index in [1.165, 1.54) is 5.56 Å². The van der Waals surface area contributed by atoms with Crippen LogP contribution in [0.4, 0.5) is 0 Å². The number of benzene rings is 3. The van der Waals surface area contributed by atoms with Crippen LogP contribution < -0.4 is 14.8 Å². The summed E-state index contributed by atoms with van der Waals surface area (Å²) in [6.07, 6.45) is 0.939. The molecule has 0 saturated carbocycles. The quantitative estimate of drug-likeness (QED) is 0.374. The third-order valence-corrected chi connectivity index (χ3v) is 5.45. The van der Waals surface area contributed by atoms with E-state index >= 15 is 0 Å². The molecule has 0 bridgehead atoms. The molecule has 3 aromatic rings.